The zero-order chi connectivity index (χ0) is 13.4. The van der Waals surface area contributed by atoms with Gasteiger partial charge in [-0.15, -0.1) is 0 Å². The number of hydrogen-bond acceptors (Lipinski definition) is 3. The monoisotopic (exact) mass is 317 g/mol. The van der Waals surface area contributed by atoms with Crippen LogP contribution in [0.3, 0.4) is 0 Å². The summed E-state index contributed by atoms with van der Waals surface area (Å²) in [5.74, 6) is -0.174. The molecule has 1 amide bonds. The van der Waals surface area contributed by atoms with Crippen molar-refractivity contribution in [3.05, 3.63) is 52.3 Å². The molecule has 96 valence electrons. The van der Waals surface area contributed by atoms with E-state index in [0.29, 0.717) is 12.1 Å². The number of halogens is 1. The summed E-state index contributed by atoms with van der Waals surface area (Å²) in [5.41, 5.74) is 9.29. The largest absolute Gasteiger partial charge is 0.398 e. The molecule has 0 aliphatic carbocycles. The third-order valence-electron chi connectivity index (χ3n) is 3.28. The van der Waals surface area contributed by atoms with Crippen molar-refractivity contribution in [2.24, 2.45) is 0 Å². The van der Waals surface area contributed by atoms with Gasteiger partial charge in [0.1, 0.15) is 0 Å². The van der Waals surface area contributed by atoms with Gasteiger partial charge in [0.25, 0.3) is 0 Å². The van der Waals surface area contributed by atoms with Crippen molar-refractivity contribution in [3.8, 4) is 0 Å². The van der Waals surface area contributed by atoms with Crippen LogP contribution in [0.25, 0.3) is 0 Å². The Morgan fingerprint density at radius 1 is 1.42 bits per heavy atom. The standard InChI is InChI=1S/C14H12BrN3O/c15-11-5-9-10(4-8-2-1-3-17-7-8)14(19)18-13(9)6-12(11)16/h1-3,5-7,10H,4,16H2,(H,18,19). The molecule has 1 aromatic heterocycles. The molecule has 0 bridgehead atoms. The first-order chi connectivity index (χ1) is 9.15. The van der Waals surface area contributed by atoms with Gasteiger partial charge in [-0.25, -0.2) is 0 Å². The Kier molecular flexibility index (Phi) is 2.98. The van der Waals surface area contributed by atoms with Crippen molar-refractivity contribution in [1.29, 1.82) is 0 Å². The Labute approximate surface area is 119 Å². The first-order valence-corrected chi connectivity index (χ1v) is 6.73. The zero-order valence-electron chi connectivity index (χ0n) is 10.1. The highest BCUT2D eigenvalue weighted by atomic mass is 79.9. The molecule has 0 radical (unpaired) electrons. The van der Waals surface area contributed by atoms with E-state index in [1.165, 1.54) is 0 Å². The van der Waals surface area contributed by atoms with Gasteiger partial charge >= 0.3 is 0 Å². The summed E-state index contributed by atoms with van der Waals surface area (Å²) in [4.78, 5) is 16.1. The van der Waals surface area contributed by atoms with Crippen molar-refractivity contribution in [2.45, 2.75) is 12.3 Å². The maximum Gasteiger partial charge on any atom is 0.232 e. The van der Waals surface area contributed by atoms with Crippen molar-refractivity contribution in [2.75, 3.05) is 11.1 Å². The number of anilines is 2. The van der Waals surface area contributed by atoms with E-state index in [1.807, 2.05) is 18.2 Å². The van der Waals surface area contributed by atoms with Gasteiger partial charge in [0.15, 0.2) is 0 Å². The number of nitrogens with zero attached hydrogens (tertiary/aromatic N) is 1. The van der Waals surface area contributed by atoms with Crippen LogP contribution in [0.4, 0.5) is 11.4 Å². The summed E-state index contributed by atoms with van der Waals surface area (Å²) in [6.45, 7) is 0. The number of rotatable bonds is 2. The molecule has 0 saturated heterocycles. The summed E-state index contributed by atoms with van der Waals surface area (Å²) >= 11 is 3.41. The number of carbonyl (C=O) groups excluding carboxylic acids is 1. The van der Waals surface area contributed by atoms with Gasteiger partial charge in [0, 0.05) is 28.2 Å². The van der Waals surface area contributed by atoms with Crippen LogP contribution in [0, 0.1) is 0 Å². The first-order valence-electron chi connectivity index (χ1n) is 5.94. The SMILES string of the molecule is Nc1cc2c(cc1Br)C(Cc1cccnc1)C(=O)N2. The molecule has 3 rings (SSSR count). The van der Waals surface area contributed by atoms with Crippen LogP contribution in [0.2, 0.25) is 0 Å². The minimum atomic E-state index is -0.184. The molecule has 0 fully saturated rings. The molecule has 19 heavy (non-hydrogen) atoms. The molecule has 2 aromatic rings. The van der Waals surface area contributed by atoms with Gasteiger partial charge < -0.3 is 11.1 Å². The van der Waals surface area contributed by atoms with Gasteiger partial charge in [-0.3, -0.25) is 9.78 Å². The van der Waals surface area contributed by atoms with E-state index >= 15 is 0 Å². The summed E-state index contributed by atoms with van der Waals surface area (Å²) in [6.07, 6.45) is 4.16. The minimum Gasteiger partial charge on any atom is -0.398 e. The molecule has 1 unspecified atom stereocenters. The van der Waals surface area contributed by atoms with Crippen LogP contribution in [0.1, 0.15) is 17.0 Å². The number of nitrogens with two attached hydrogens (primary N) is 1. The van der Waals surface area contributed by atoms with Crippen LogP contribution in [0.5, 0.6) is 0 Å². The third kappa shape index (κ3) is 2.21. The molecule has 4 nitrogen and oxygen atoms in total. The molecule has 3 N–H and O–H groups in total. The van der Waals surface area contributed by atoms with Gasteiger partial charge in [-0.2, -0.15) is 0 Å². The second-order valence-electron chi connectivity index (χ2n) is 4.57. The summed E-state index contributed by atoms with van der Waals surface area (Å²) in [6, 6.07) is 7.57. The highest BCUT2D eigenvalue weighted by molar-refractivity contribution is 9.10. The topological polar surface area (TPSA) is 68.0 Å². The lowest BCUT2D eigenvalue weighted by molar-refractivity contribution is -0.117. The molecule has 1 aromatic carbocycles. The van der Waals surface area contributed by atoms with Gasteiger partial charge in [-0.1, -0.05) is 6.07 Å². The van der Waals surface area contributed by atoms with E-state index in [0.717, 1.165) is 21.3 Å². The fraction of sp³-hybridized carbons (Fsp3) is 0.143. The van der Waals surface area contributed by atoms with Crippen molar-refractivity contribution >= 4 is 33.2 Å². The second-order valence-corrected chi connectivity index (χ2v) is 5.42. The van der Waals surface area contributed by atoms with Crippen molar-refractivity contribution in [3.63, 3.8) is 0 Å². The average molecular weight is 318 g/mol. The number of pyridine rings is 1. The van der Waals surface area contributed by atoms with E-state index in [-0.39, 0.29) is 11.8 Å². The van der Waals surface area contributed by atoms with Crippen LogP contribution in [-0.2, 0) is 11.2 Å². The molecule has 0 saturated carbocycles. The quantitative estimate of drug-likeness (QED) is 0.837. The van der Waals surface area contributed by atoms with E-state index in [4.69, 9.17) is 5.73 Å². The number of carbonyl (C=O) groups is 1. The number of hydrogen-bond donors (Lipinski definition) is 2. The minimum absolute atomic E-state index is 0.0105. The number of amides is 1. The molecule has 1 aliphatic heterocycles. The highest BCUT2D eigenvalue weighted by Gasteiger charge is 2.31. The van der Waals surface area contributed by atoms with Crippen LogP contribution >= 0.6 is 15.9 Å². The predicted molar refractivity (Wildman–Crippen MR) is 77.9 cm³/mol. The van der Waals surface area contributed by atoms with Crippen LogP contribution in [0.15, 0.2) is 41.1 Å². The maximum atomic E-state index is 12.1. The predicted octanol–water partition coefficient (Wildman–Crippen LogP) is 2.70. The van der Waals surface area contributed by atoms with E-state index in [2.05, 4.69) is 26.2 Å². The maximum absolute atomic E-state index is 12.1. The van der Waals surface area contributed by atoms with Crippen LogP contribution in [-0.4, -0.2) is 10.9 Å². The summed E-state index contributed by atoms with van der Waals surface area (Å²) in [7, 11) is 0. The lowest BCUT2D eigenvalue weighted by atomic mass is 9.94. The smallest absolute Gasteiger partial charge is 0.232 e. The number of nitrogen functional groups attached to an aromatic ring is 1. The number of benzene rings is 1. The molecule has 5 heteroatoms. The number of aromatic nitrogens is 1. The Hall–Kier alpha value is -1.88. The Balaban J connectivity index is 1.96. The Bertz CT molecular complexity index is 643. The Morgan fingerprint density at radius 3 is 3.00 bits per heavy atom. The number of nitrogens with one attached hydrogen (secondary N) is 1. The molecule has 0 spiro atoms. The fourth-order valence-corrected chi connectivity index (χ4v) is 2.68. The molecular formula is C14H12BrN3O. The molecule has 2 heterocycles. The van der Waals surface area contributed by atoms with Gasteiger partial charge in [-0.05, 0) is 51.7 Å². The number of fused-ring (bicyclic) bond motifs is 1. The van der Waals surface area contributed by atoms with E-state index in [1.54, 1.807) is 18.5 Å². The summed E-state index contributed by atoms with van der Waals surface area (Å²) < 4.78 is 0.818. The van der Waals surface area contributed by atoms with E-state index < -0.39 is 0 Å². The van der Waals surface area contributed by atoms with Gasteiger partial charge in [0.05, 0.1) is 5.92 Å². The molecule has 1 atom stereocenters. The average Bonchev–Trinajstić information content (AvgIpc) is 2.68. The van der Waals surface area contributed by atoms with Gasteiger partial charge in [0.2, 0.25) is 5.91 Å². The van der Waals surface area contributed by atoms with Crippen molar-refractivity contribution < 1.29 is 4.79 Å². The lowest BCUT2D eigenvalue weighted by Crippen LogP contribution is -2.14. The molecule has 1 aliphatic rings. The van der Waals surface area contributed by atoms with E-state index in [9.17, 15) is 4.79 Å². The van der Waals surface area contributed by atoms with Crippen molar-refractivity contribution in [1.82, 2.24) is 4.98 Å². The first kappa shape index (κ1) is 12.2. The Morgan fingerprint density at radius 2 is 2.26 bits per heavy atom. The van der Waals surface area contributed by atoms with Crippen LogP contribution < -0.4 is 11.1 Å². The third-order valence-corrected chi connectivity index (χ3v) is 3.97. The lowest BCUT2D eigenvalue weighted by Gasteiger charge is -2.09. The normalized spacial score (nSPS) is 17.1. The summed E-state index contributed by atoms with van der Waals surface area (Å²) in [5, 5.41) is 2.88. The fourth-order valence-electron chi connectivity index (χ4n) is 2.32. The molecular weight excluding hydrogens is 306 g/mol. The zero-order valence-corrected chi connectivity index (χ0v) is 11.6. The highest BCUT2D eigenvalue weighted by Crippen LogP contribution is 2.38. The second kappa shape index (κ2) is 4.66.